The van der Waals surface area contributed by atoms with Crippen LogP contribution in [0.3, 0.4) is 0 Å². The SMILES string of the molecule is O=C(NCc1ncc[nH]1)c1ccc(-c2nc3c(C(F)(F)F)cc4[nH]ncc4c3c3c2CS(=O)CC3)cc1. The van der Waals surface area contributed by atoms with Crippen molar-refractivity contribution < 1.29 is 22.2 Å². The van der Waals surface area contributed by atoms with Gasteiger partial charge in [-0.2, -0.15) is 18.3 Å². The summed E-state index contributed by atoms with van der Waals surface area (Å²) in [6.07, 6.45) is 0.470. The lowest BCUT2D eigenvalue weighted by atomic mass is 9.92. The van der Waals surface area contributed by atoms with Crippen molar-refractivity contribution in [2.75, 3.05) is 5.75 Å². The Morgan fingerprint density at radius 1 is 1.16 bits per heavy atom. The van der Waals surface area contributed by atoms with Crippen molar-refractivity contribution in [2.45, 2.75) is 24.9 Å². The van der Waals surface area contributed by atoms with E-state index in [2.05, 4.69) is 30.5 Å². The molecule has 0 radical (unpaired) electrons. The highest BCUT2D eigenvalue weighted by molar-refractivity contribution is 7.84. The van der Waals surface area contributed by atoms with Gasteiger partial charge in [0.05, 0.1) is 40.8 Å². The number of carbonyl (C=O) groups excluding carboxylic acids is 1. The van der Waals surface area contributed by atoms with Crippen molar-refractivity contribution >= 4 is 38.5 Å². The molecule has 0 saturated heterocycles. The fourth-order valence-electron chi connectivity index (χ4n) is 4.75. The molecule has 1 aliphatic rings. The molecule has 2 aromatic carbocycles. The number of carbonyl (C=O) groups is 1. The molecule has 3 N–H and O–H groups in total. The van der Waals surface area contributed by atoms with Gasteiger partial charge in [-0.15, -0.1) is 0 Å². The lowest BCUT2D eigenvalue weighted by molar-refractivity contribution is -0.136. The molecule has 37 heavy (non-hydrogen) atoms. The fraction of sp³-hybridized carbons (Fsp3) is 0.200. The van der Waals surface area contributed by atoms with E-state index in [0.29, 0.717) is 56.7 Å². The number of rotatable bonds is 4. The Hall–Kier alpha value is -4.06. The van der Waals surface area contributed by atoms with Crippen LogP contribution in [-0.2, 0) is 35.7 Å². The lowest BCUT2D eigenvalue weighted by Gasteiger charge is -2.23. The molecule has 0 aliphatic carbocycles. The minimum Gasteiger partial charge on any atom is -0.347 e. The highest BCUT2D eigenvalue weighted by Gasteiger charge is 2.36. The zero-order chi connectivity index (χ0) is 25.7. The average Bonchev–Trinajstić information content (AvgIpc) is 3.57. The lowest BCUT2D eigenvalue weighted by Crippen LogP contribution is -2.23. The maximum Gasteiger partial charge on any atom is 0.418 e. The van der Waals surface area contributed by atoms with E-state index in [1.807, 2.05) is 0 Å². The van der Waals surface area contributed by atoms with E-state index in [4.69, 9.17) is 0 Å². The molecule has 0 fully saturated rings. The summed E-state index contributed by atoms with van der Waals surface area (Å²) in [7, 11) is -1.16. The summed E-state index contributed by atoms with van der Waals surface area (Å²) in [5, 5.41) is 10.3. The predicted molar refractivity (Wildman–Crippen MR) is 132 cm³/mol. The van der Waals surface area contributed by atoms with Crippen LogP contribution in [0.5, 0.6) is 0 Å². The molecule has 12 heteroatoms. The zero-order valence-electron chi connectivity index (χ0n) is 19.1. The van der Waals surface area contributed by atoms with E-state index in [0.717, 1.165) is 6.07 Å². The smallest absolute Gasteiger partial charge is 0.347 e. The van der Waals surface area contributed by atoms with Crippen LogP contribution < -0.4 is 5.32 Å². The van der Waals surface area contributed by atoms with Crippen LogP contribution in [-0.4, -0.2) is 41.0 Å². The average molecular weight is 525 g/mol. The first-order valence-corrected chi connectivity index (χ1v) is 12.9. The monoisotopic (exact) mass is 524 g/mol. The largest absolute Gasteiger partial charge is 0.418 e. The number of pyridine rings is 1. The molecule has 1 aliphatic heterocycles. The second kappa shape index (κ2) is 8.80. The molecular formula is C25H19F3N6O2S. The number of alkyl halides is 3. The van der Waals surface area contributed by atoms with Crippen LogP contribution in [0.15, 0.2) is 48.9 Å². The molecule has 6 rings (SSSR count). The van der Waals surface area contributed by atoms with Gasteiger partial charge in [0.15, 0.2) is 0 Å². The summed E-state index contributed by atoms with van der Waals surface area (Å²) in [5.41, 5.74) is 1.88. The Kier molecular flexibility index (Phi) is 5.55. The van der Waals surface area contributed by atoms with Crippen LogP contribution in [0.2, 0.25) is 0 Å². The fourth-order valence-corrected chi connectivity index (χ4v) is 5.96. The second-order valence-corrected chi connectivity index (χ2v) is 10.3. The van der Waals surface area contributed by atoms with Gasteiger partial charge >= 0.3 is 6.18 Å². The van der Waals surface area contributed by atoms with Crippen molar-refractivity contribution in [2.24, 2.45) is 0 Å². The number of aryl methyl sites for hydroxylation is 1. The van der Waals surface area contributed by atoms with E-state index in [1.54, 1.807) is 36.7 Å². The van der Waals surface area contributed by atoms with Crippen molar-refractivity contribution in [1.82, 2.24) is 30.5 Å². The van der Waals surface area contributed by atoms with Crippen LogP contribution in [0.1, 0.15) is 32.9 Å². The predicted octanol–water partition coefficient (Wildman–Crippen LogP) is 4.25. The molecular weight excluding hydrogens is 505 g/mol. The van der Waals surface area contributed by atoms with Crippen molar-refractivity contribution in [3.63, 3.8) is 0 Å². The molecule has 8 nitrogen and oxygen atoms in total. The third-order valence-electron chi connectivity index (χ3n) is 6.48. The van der Waals surface area contributed by atoms with Gasteiger partial charge in [-0.3, -0.25) is 14.1 Å². The first-order chi connectivity index (χ1) is 17.8. The topological polar surface area (TPSA) is 116 Å². The van der Waals surface area contributed by atoms with Gasteiger partial charge in [0.2, 0.25) is 0 Å². The first-order valence-electron chi connectivity index (χ1n) is 11.4. The molecule has 3 aromatic heterocycles. The number of benzene rings is 2. The summed E-state index contributed by atoms with van der Waals surface area (Å²) >= 11 is 0. The number of nitrogens with zero attached hydrogens (tertiary/aromatic N) is 3. The summed E-state index contributed by atoms with van der Waals surface area (Å²) < 4.78 is 54.9. The number of hydrogen-bond acceptors (Lipinski definition) is 5. The van der Waals surface area contributed by atoms with Gasteiger partial charge < -0.3 is 10.3 Å². The van der Waals surface area contributed by atoms with Gasteiger partial charge in [0.1, 0.15) is 5.82 Å². The summed E-state index contributed by atoms with van der Waals surface area (Å²) in [4.78, 5) is 24.0. The van der Waals surface area contributed by atoms with Crippen LogP contribution in [0, 0.1) is 0 Å². The Balaban J connectivity index is 1.48. The summed E-state index contributed by atoms with van der Waals surface area (Å²) in [6, 6.07) is 7.51. The van der Waals surface area contributed by atoms with Gasteiger partial charge in [-0.05, 0) is 35.7 Å². The Bertz CT molecular complexity index is 1680. The number of nitrogens with one attached hydrogen (secondary N) is 3. The standard InChI is InChI=1S/C25H19F3N6O2S/c26-25(27,28)18-9-19-16(10-32-34-19)21-15-5-8-37(36)12-17(15)22(33-23(18)21)13-1-3-14(4-2-13)24(35)31-11-20-29-6-7-30-20/h1-4,6-7,9-10H,5,8,11-12H2,(H,29,30)(H,31,35)(H,32,34). The molecule has 4 heterocycles. The minimum absolute atomic E-state index is 0.164. The number of halogens is 3. The number of imidazole rings is 1. The number of hydrogen-bond donors (Lipinski definition) is 3. The number of fused-ring (bicyclic) bond motifs is 5. The van der Waals surface area contributed by atoms with Gasteiger partial charge in [-0.25, -0.2) is 9.97 Å². The van der Waals surface area contributed by atoms with Crippen molar-refractivity contribution in [3.8, 4) is 11.3 Å². The second-order valence-electron chi connectivity index (χ2n) is 8.73. The van der Waals surface area contributed by atoms with Gasteiger partial charge in [0.25, 0.3) is 5.91 Å². The Labute approximate surface area is 210 Å². The molecule has 1 unspecified atom stereocenters. The zero-order valence-corrected chi connectivity index (χ0v) is 20.0. The van der Waals surface area contributed by atoms with Gasteiger partial charge in [-0.1, -0.05) is 12.1 Å². The van der Waals surface area contributed by atoms with E-state index in [9.17, 15) is 22.2 Å². The number of aromatic amines is 2. The summed E-state index contributed by atoms with van der Waals surface area (Å²) in [5.74, 6) is 0.834. The highest BCUT2D eigenvalue weighted by Crippen LogP contribution is 2.42. The molecule has 1 atom stereocenters. The van der Waals surface area contributed by atoms with Crippen LogP contribution in [0.4, 0.5) is 13.2 Å². The van der Waals surface area contributed by atoms with E-state index >= 15 is 0 Å². The Morgan fingerprint density at radius 2 is 1.97 bits per heavy atom. The molecule has 0 bridgehead atoms. The van der Waals surface area contributed by atoms with Crippen molar-refractivity contribution in [3.05, 3.63) is 77.0 Å². The molecule has 5 aromatic rings. The number of aromatic nitrogens is 5. The first kappa shape index (κ1) is 23.3. The molecule has 1 amide bonds. The Morgan fingerprint density at radius 3 is 2.70 bits per heavy atom. The highest BCUT2D eigenvalue weighted by atomic mass is 32.2. The van der Waals surface area contributed by atoms with Crippen LogP contribution in [0.25, 0.3) is 33.1 Å². The maximum absolute atomic E-state index is 14.1. The van der Waals surface area contributed by atoms with Crippen LogP contribution >= 0.6 is 0 Å². The minimum atomic E-state index is -4.64. The molecule has 0 saturated carbocycles. The van der Waals surface area contributed by atoms with Gasteiger partial charge in [0, 0.05) is 50.8 Å². The van der Waals surface area contributed by atoms with E-state index in [1.165, 1.54) is 6.20 Å². The van der Waals surface area contributed by atoms with Crippen molar-refractivity contribution in [1.29, 1.82) is 0 Å². The molecule has 0 spiro atoms. The maximum atomic E-state index is 14.1. The third kappa shape index (κ3) is 4.16. The summed E-state index contributed by atoms with van der Waals surface area (Å²) in [6.45, 7) is 0.224. The van der Waals surface area contributed by atoms with E-state index < -0.39 is 22.5 Å². The normalized spacial score (nSPS) is 15.7. The third-order valence-corrected chi connectivity index (χ3v) is 7.75. The van der Waals surface area contributed by atoms with E-state index in [-0.39, 0.29) is 29.2 Å². The quantitative estimate of drug-likeness (QED) is 0.325. The molecule has 188 valence electrons. The number of amides is 1. The number of H-pyrrole nitrogens is 2.